The van der Waals surface area contributed by atoms with Crippen molar-refractivity contribution >= 4 is 17.6 Å². The van der Waals surface area contributed by atoms with Gasteiger partial charge in [-0.2, -0.15) is 0 Å². The summed E-state index contributed by atoms with van der Waals surface area (Å²) in [6.07, 6.45) is 1.29. The highest BCUT2D eigenvalue weighted by molar-refractivity contribution is 6.30. The third-order valence-electron chi connectivity index (χ3n) is 2.26. The van der Waals surface area contributed by atoms with E-state index in [-0.39, 0.29) is 11.1 Å². The Morgan fingerprint density at radius 1 is 1.12 bits per heavy atom. The van der Waals surface area contributed by atoms with Gasteiger partial charge in [-0.15, -0.1) is 0 Å². The Morgan fingerprint density at radius 2 is 1.76 bits per heavy atom. The van der Waals surface area contributed by atoms with Gasteiger partial charge in [-0.05, 0) is 30.3 Å². The average molecular weight is 250 g/mol. The SMILES string of the molecule is O=C(O)c1ccc(=O)n(-c2ccc(Cl)cc2)c1. The van der Waals surface area contributed by atoms with Crippen molar-refractivity contribution < 1.29 is 9.90 Å². The fraction of sp³-hybridized carbons (Fsp3) is 0. The predicted octanol–water partition coefficient (Wildman–Crippen LogP) is 2.19. The zero-order valence-electron chi connectivity index (χ0n) is 8.63. The topological polar surface area (TPSA) is 59.3 Å². The van der Waals surface area contributed by atoms with Gasteiger partial charge < -0.3 is 5.11 Å². The van der Waals surface area contributed by atoms with E-state index < -0.39 is 5.97 Å². The largest absolute Gasteiger partial charge is 0.478 e. The fourth-order valence-corrected chi connectivity index (χ4v) is 1.54. The molecule has 0 aliphatic carbocycles. The first kappa shape index (κ1) is 11.4. The van der Waals surface area contributed by atoms with Crippen molar-refractivity contribution in [1.29, 1.82) is 0 Å². The molecule has 0 aliphatic rings. The molecule has 0 radical (unpaired) electrons. The number of aromatic nitrogens is 1. The maximum Gasteiger partial charge on any atom is 0.337 e. The van der Waals surface area contributed by atoms with Crippen LogP contribution in [0.1, 0.15) is 10.4 Å². The van der Waals surface area contributed by atoms with Crippen LogP contribution in [0, 0.1) is 0 Å². The number of rotatable bonds is 2. The molecule has 2 rings (SSSR count). The van der Waals surface area contributed by atoms with Crippen LogP contribution in [0.3, 0.4) is 0 Å². The van der Waals surface area contributed by atoms with Gasteiger partial charge >= 0.3 is 5.97 Å². The third-order valence-corrected chi connectivity index (χ3v) is 2.51. The lowest BCUT2D eigenvalue weighted by Gasteiger charge is -2.06. The standard InChI is InChI=1S/C12H8ClNO3/c13-9-2-4-10(5-3-9)14-7-8(12(16)17)1-6-11(14)15/h1-7H,(H,16,17). The zero-order valence-corrected chi connectivity index (χ0v) is 9.39. The Hall–Kier alpha value is -2.07. The van der Waals surface area contributed by atoms with E-state index in [1.54, 1.807) is 24.3 Å². The summed E-state index contributed by atoms with van der Waals surface area (Å²) < 4.78 is 1.26. The minimum absolute atomic E-state index is 0.0551. The van der Waals surface area contributed by atoms with Crippen molar-refractivity contribution in [3.63, 3.8) is 0 Å². The van der Waals surface area contributed by atoms with Crippen LogP contribution in [0.5, 0.6) is 0 Å². The molecule has 0 aliphatic heterocycles. The zero-order chi connectivity index (χ0) is 12.4. The van der Waals surface area contributed by atoms with E-state index in [9.17, 15) is 9.59 Å². The first-order valence-corrected chi connectivity index (χ1v) is 5.17. The number of carboxylic acids is 1. The molecule has 1 aromatic carbocycles. The third kappa shape index (κ3) is 2.37. The molecule has 0 atom stereocenters. The lowest BCUT2D eigenvalue weighted by Crippen LogP contribution is -2.18. The summed E-state index contributed by atoms with van der Waals surface area (Å²) in [6.45, 7) is 0. The molecule has 0 saturated heterocycles. The van der Waals surface area contributed by atoms with Gasteiger partial charge in [0.15, 0.2) is 0 Å². The smallest absolute Gasteiger partial charge is 0.337 e. The van der Waals surface area contributed by atoms with Gasteiger partial charge in [-0.3, -0.25) is 9.36 Å². The summed E-state index contributed by atoms with van der Waals surface area (Å²) in [5, 5.41) is 9.41. The molecule has 86 valence electrons. The number of carbonyl (C=O) groups is 1. The second kappa shape index (κ2) is 4.43. The van der Waals surface area contributed by atoms with Crippen LogP contribution in [0.2, 0.25) is 5.02 Å². The Balaban J connectivity index is 2.58. The first-order valence-electron chi connectivity index (χ1n) is 4.80. The number of benzene rings is 1. The average Bonchev–Trinajstić information content (AvgIpc) is 2.31. The summed E-state index contributed by atoms with van der Waals surface area (Å²) in [4.78, 5) is 22.4. The number of nitrogens with zero attached hydrogens (tertiary/aromatic N) is 1. The number of aromatic carboxylic acids is 1. The maximum absolute atomic E-state index is 11.6. The summed E-state index contributed by atoms with van der Waals surface area (Å²) in [7, 11) is 0. The van der Waals surface area contributed by atoms with E-state index >= 15 is 0 Å². The molecule has 4 nitrogen and oxygen atoms in total. The van der Waals surface area contributed by atoms with E-state index in [0.29, 0.717) is 10.7 Å². The summed E-state index contributed by atoms with van der Waals surface area (Å²) in [6, 6.07) is 9.06. The lowest BCUT2D eigenvalue weighted by atomic mass is 10.2. The summed E-state index contributed by atoms with van der Waals surface area (Å²) >= 11 is 5.74. The van der Waals surface area contributed by atoms with Crippen molar-refractivity contribution in [2.45, 2.75) is 0 Å². The Morgan fingerprint density at radius 3 is 2.35 bits per heavy atom. The highest BCUT2D eigenvalue weighted by Gasteiger charge is 2.06. The van der Waals surface area contributed by atoms with Gasteiger partial charge in [0.2, 0.25) is 0 Å². The van der Waals surface area contributed by atoms with E-state index in [2.05, 4.69) is 0 Å². The molecule has 1 N–H and O–H groups in total. The second-order valence-electron chi connectivity index (χ2n) is 3.41. The molecule has 0 saturated carbocycles. The van der Waals surface area contributed by atoms with Gasteiger partial charge in [0.1, 0.15) is 0 Å². The van der Waals surface area contributed by atoms with Crippen LogP contribution in [-0.2, 0) is 0 Å². The van der Waals surface area contributed by atoms with Crippen molar-refractivity contribution in [2.24, 2.45) is 0 Å². The molecular weight excluding hydrogens is 242 g/mol. The summed E-state index contributed by atoms with van der Waals surface area (Å²) in [5.74, 6) is -1.08. The van der Waals surface area contributed by atoms with E-state index in [0.717, 1.165) is 0 Å². The van der Waals surface area contributed by atoms with Gasteiger partial charge in [0, 0.05) is 23.0 Å². The highest BCUT2D eigenvalue weighted by atomic mass is 35.5. The Bertz CT molecular complexity index is 616. The molecule has 0 unspecified atom stereocenters. The minimum atomic E-state index is -1.08. The van der Waals surface area contributed by atoms with Gasteiger partial charge in [0.05, 0.1) is 5.56 Å². The van der Waals surface area contributed by atoms with Crippen molar-refractivity contribution in [1.82, 2.24) is 4.57 Å². The van der Waals surface area contributed by atoms with Crippen LogP contribution in [-0.4, -0.2) is 15.6 Å². The molecule has 1 aromatic heterocycles. The van der Waals surface area contributed by atoms with Crippen LogP contribution < -0.4 is 5.56 Å². The second-order valence-corrected chi connectivity index (χ2v) is 3.84. The Kier molecular flexibility index (Phi) is 2.97. The highest BCUT2D eigenvalue weighted by Crippen LogP contribution is 2.12. The van der Waals surface area contributed by atoms with Gasteiger partial charge in [0.25, 0.3) is 5.56 Å². The van der Waals surface area contributed by atoms with Gasteiger partial charge in [-0.25, -0.2) is 4.79 Å². The summed E-state index contributed by atoms with van der Waals surface area (Å²) in [5.41, 5.74) is 0.333. The molecule has 0 spiro atoms. The van der Waals surface area contributed by atoms with Crippen molar-refractivity contribution in [3.05, 3.63) is 63.5 Å². The van der Waals surface area contributed by atoms with Gasteiger partial charge in [-0.1, -0.05) is 11.6 Å². The molecular formula is C12H8ClNO3. The molecule has 0 amide bonds. The number of halogens is 1. The molecule has 5 heteroatoms. The number of carboxylic acid groups (broad SMARTS) is 1. The van der Waals surface area contributed by atoms with Crippen LogP contribution >= 0.6 is 11.6 Å². The fourth-order valence-electron chi connectivity index (χ4n) is 1.42. The van der Waals surface area contributed by atoms with E-state index in [1.165, 1.54) is 22.9 Å². The van der Waals surface area contributed by atoms with E-state index in [4.69, 9.17) is 16.7 Å². The molecule has 2 aromatic rings. The van der Waals surface area contributed by atoms with E-state index in [1.807, 2.05) is 0 Å². The quantitative estimate of drug-likeness (QED) is 0.888. The number of hydrogen-bond acceptors (Lipinski definition) is 2. The number of pyridine rings is 1. The Labute approximate surface area is 102 Å². The first-order chi connectivity index (χ1) is 8.08. The molecule has 0 bridgehead atoms. The molecule has 0 fully saturated rings. The minimum Gasteiger partial charge on any atom is -0.478 e. The predicted molar refractivity (Wildman–Crippen MR) is 64.0 cm³/mol. The monoisotopic (exact) mass is 249 g/mol. The molecule has 17 heavy (non-hydrogen) atoms. The van der Waals surface area contributed by atoms with Crippen LogP contribution in [0.4, 0.5) is 0 Å². The molecule has 1 heterocycles. The lowest BCUT2D eigenvalue weighted by molar-refractivity contribution is 0.0696. The van der Waals surface area contributed by atoms with Crippen molar-refractivity contribution in [2.75, 3.05) is 0 Å². The van der Waals surface area contributed by atoms with Crippen LogP contribution in [0.15, 0.2) is 47.4 Å². The van der Waals surface area contributed by atoms with Crippen molar-refractivity contribution in [3.8, 4) is 5.69 Å². The van der Waals surface area contributed by atoms with Crippen LogP contribution in [0.25, 0.3) is 5.69 Å². The maximum atomic E-state index is 11.6. The number of hydrogen-bond donors (Lipinski definition) is 1. The normalized spacial score (nSPS) is 10.2.